The third-order valence-corrected chi connectivity index (χ3v) is 4.56. The fourth-order valence-corrected chi connectivity index (χ4v) is 3.50. The van der Waals surface area contributed by atoms with Gasteiger partial charge in [0.05, 0.1) is 5.41 Å². The van der Waals surface area contributed by atoms with Gasteiger partial charge in [0.25, 0.3) is 0 Å². The molecule has 1 atom stereocenters. The van der Waals surface area contributed by atoms with Crippen LogP contribution < -0.4 is 0 Å². The lowest BCUT2D eigenvalue weighted by Gasteiger charge is -2.49. The maximum absolute atomic E-state index is 11.8. The van der Waals surface area contributed by atoms with Crippen LogP contribution in [0.4, 0.5) is 0 Å². The lowest BCUT2D eigenvalue weighted by molar-refractivity contribution is -0.155. The van der Waals surface area contributed by atoms with Gasteiger partial charge in [0.1, 0.15) is 0 Å². The van der Waals surface area contributed by atoms with Crippen LogP contribution in [0.15, 0.2) is 11.1 Å². The van der Waals surface area contributed by atoms with E-state index in [1.807, 2.05) is 6.92 Å². The largest absolute Gasteiger partial charge is 0.481 e. The molecule has 0 aromatic carbocycles. The van der Waals surface area contributed by atoms with Crippen molar-refractivity contribution in [2.24, 2.45) is 10.8 Å². The highest BCUT2D eigenvalue weighted by Crippen LogP contribution is 2.56. The smallest absolute Gasteiger partial charge is 0.314 e. The summed E-state index contributed by atoms with van der Waals surface area (Å²) in [5.41, 5.74) is 1.67. The van der Waals surface area contributed by atoms with E-state index in [1.165, 1.54) is 11.1 Å². The number of carboxylic acid groups (broad SMARTS) is 1. The zero-order valence-corrected chi connectivity index (χ0v) is 11.2. The number of aliphatic carboxylic acids is 1. The third kappa shape index (κ3) is 1.59. The van der Waals surface area contributed by atoms with Gasteiger partial charge in [0.15, 0.2) is 0 Å². The molecule has 0 aromatic heterocycles. The zero-order valence-electron chi connectivity index (χ0n) is 11.2. The van der Waals surface area contributed by atoms with E-state index in [4.69, 9.17) is 0 Å². The predicted octanol–water partition coefficient (Wildman–Crippen LogP) is 4.01. The maximum Gasteiger partial charge on any atom is 0.314 e. The molecule has 0 aliphatic heterocycles. The lowest BCUT2D eigenvalue weighted by atomic mass is 9.54. The van der Waals surface area contributed by atoms with Crippen molar-refractivity contribution in [3.63, 3.8) is 0 Å². The highest BCUT2D eigenvalue weighted by molar-refractivity contribution is 5.80. The van der Waals surface area contributed by atoms with Gasteiger partial charge in [-0.3, -0.25) is 4.79 Å². The summed E-state index contributed by atoms with van der Waals surface area (Å²) in [4.78, 5) is 11.8. The number of rotatable bonds is 3. The lowest BCUT2D eigenvalue weighted by Crippen LogP contribution is -2.48. The average molecular weight is 224 g/mol. The Balaban J connectivity index is 3.45. The van der Waals surface area contributed by atoms with Crippen LogP contribution in [0, 0.1) is 10.8 Å². The summed E-state index contributed by atoms with van der Waals surface area (Å²) < 4.78 is 0. The second-order valence-corrected chi connectivity index (χ2v) is 5.56. The summed E-state index contributed by atoms with van der Waals surface area (Å²) in [6.45, 7) is 10.4. The molecule has 1 aliphatic rings. The fourth-order valence-electron chi connectivity index (χ4n) is 3.50. The van der Waals surface area contributed by atoms with Gasteiger partial charge in [0, 0.05) is 0 Å². The summed E-state index contributed by atoms with van der Waals surface area (Å²) in [6.07, 6.45) is 3.57. The molecule has 1 N–H and O–H groups in total. The quantitative estimate of drug-likeness (QED) is 0.735. The molecule has 1 unspecified atom stereocenters. The summed E-state index contributed by atoms with van der Waals surface area (Å²) in [5.74, 6) is -0.643. The average Bonchev–Trinajstić information content (AvgIpc) is 2.20. The Labute approximate surface area is 98.7 Å². The number of carboxylic acids is 1. The second kappa shape index (κ2) is 4.23. The van der Waals surface area contributed by atoms with Crippen LogP contribution in [0.2, 0.25) is 0 Å². The van der Waals surface area contributed by atoms with Crippen LogP contribution in [0.3, 0.4) is 0 Å². The molecule has 0 fully saturated rings. The minimum Gasteiger partial charge on any atom is -0.481 e. The van der Waals surface area contributed by atoms with Gasteiger partial charge in [-0.15, -0.1) is 0 Å². The van der Waals surface area contributed by atoms with Gasteiger partial charge in [-0.2, -0.15) is 0 Å². The molecule has 92 valence electrons. The van der Waals surface area contributed by atoms with Crippen LogP contribution in [0.1, 0.15) is 60.3 Å². The highest BCUT2D eigenvalue weighted by atomic mass is 16.4. The molecule has 2 heteroatoms. The van der Waals surface area contributed by atoms with Crippen molar-refractivity contribution in [3.8, 4) is 0 Å². The van der Waals surface area contributed by atoms with Crippen LogP contribution in [0.25, 0.3) is 0 Å². The number of hydrogen-bond donors (Lipinski definition) is 1. The Morgan fingerprint density at radius 3 is 2.25 bits per heavy atom. The van der Waals surface area contributed by atoms with Gasteiger partial charge < -0.3 is 5.11 Å². The second-order valence-electron chi connectivity index (χ2n) is 5.56. The van der Waals surface area contributed by atoms with Gasteiger partial charge >= 0.3 is 5.97 Å². The molecule has 16 heavy (non-hydrogen) atoms. The first-order valence-electron chi connectivity index (χ1n) is 6.26. The maximum atomic E-state index is 11.8. The van der Waals surface area contributed by atoms with E-state index in [2.05, 4.69) is 27.7 Å². The predicted molar refractivity (Wildman–Crippen MR) is 66.4 cm³/mol. The minimum absolute atomic E-state index is 0.140. The number of allylic oxidation sites excluding steroid dienone is 1. The van der Waals surface area contributed by atoms with Crippen molar-refractivity contribution in [2.75, 3.05) is 0 Å². The van der Waals surface area contributed by atoms with Crippen molar-refractivity contribution in [1.82, 2.24) is 0 Å². The molecule has 0 bridgehead atoms. The fraction of sp³-hybridized carbons (Fsp3) is 0.786. The van der Waals surface area contributed by atoms with E-state index >= 15 is 0 Å². The van der Waals surface area contributed by atoms with Gasteiger partial charge in [-0.05, 0) is 38.0 Å². The van der Waals surface area contributed by atoms with E-state index in [9.17, 15) is 9.90 Å². The van der Waals surface area contributed by atoms with Crippen LogP contribution in [-0.2, 0) is 4.79 Å². The van der Waals surface area contributed by atoms with E-state index in [0.717, 1.165) is 19.3 Å². The molecule has 2 nitrogen and oxygen atoms in total. The highest BCUT2D eigenvalue weighted by Gasteiger charge is 2.53. The van der Waals surface area contributed by atoms with E-state index in [0.29, 0.717) is 6.42 Å². The van der Waals surface area contributed by atoms with Crippen LogP contribution in [-0.4, -0.2) is 11.1 Å². The third-order valence-electron chi connectivity index (χ3n) is 4.56. The summed E-state index contributed by atoms with van der Waals surface area (Å²) >= 11 is 0. The molecule has 0 saturated carbocycles. The molecule has 0 heterocycles. The normalized spacial score (nSPS) is 29.3. The Kier molecular flexibility index (Phi) is 3.51. The van der Waals surface area contributed by atoms with Crippen molar-refractivity contribution < 1.29 is 9.90 Å². The Bertz CT molecular complexity index is 326. The monoisotopic (exact) mass is 224 g/mol. The first-order valence-corrected chi connectivity index (χ1v) is 6.26. The summed E-state index contributed by atoms with van der Waals surface area (Å²) in [7, 11) is 0. The molecule has 0 radical (unpaired) electrons. The van der Waals surface area contributed by atoms with Crippen molar-refractivity contribution in [2.45, 2.75) is 60.3 Å². The molecule has 0 amide bonds. The van der Waals surface area contributed by atoms with Gasteiger partial charge in [-0.25, -0.2) is 0 Å². The number of carbonyl (C=O) groups is 1. The Hall–Kier alpha value is -0.790. The summed E-state index contributed by atoms with van der Waals surface area (Å²) in [5, 5.41) is 9.71. The van der Waals surface area contributed by atoms with Crippen molar-refractivity contribution in [3.05, 3.63) is 11.1 Å². The van der Waals surface area contributed by atoms with E-state index in [-0.39, 0.29) is 5.41 Å². The molecule has 1 rings (SSSR count). The van der Waals surface area contributed by atoms with Gasteiger partial charge in [-0.1, -0.05) is 38.8 Å². The Morgan fingerprint density at radius 1 is 1.38 bits per heavy atom. The van der Waals surface area contributed by atoms with Crippen molar-refractivity contribution in [1.29, 1.82) is 0 Å². The first kappa shape index (κ1) is 13.3. The van der Waals surface area contributed by atoms with E-state index < -0.39 is 11.4 Å². The molecular formula is C14H24O2. The molecule has 0 spiro atoms. The van der Waals surface area contributed by atoms with Gasteiger partial charge in [0.2, 0.25) is 0 Å². The SMILES string of the molecule is CCC1=C(C)CCC(C)(C)C1(CC)C(=O)O. The topological polar surface area (TPSA) is 37.3 Å². The Morgan fingerprint density at radius 2 is 1.94 bits per heavy atom. The van der Waals surface area contributed by atoms with E-state index in [1.54, 1.807) is 0 Å². The molecular weight excluding hydrogens is 200 g/mol. The standard InChI is InChI=1S/C14H24O2/c1-6-11-10(3)8-9-13(4,5)14(11,7-2)12(15)16/h6-9H2,1-5H3,(H,15,16). The molecule has 1 aliphatic carbocycles. The molecule has 0 aromatic rings. The first-order chi connectivity index (χ1) is 7.33. The van der Waals surface area contributed by atoms with Crippen LogP contribution in [0.5, 0.6) is 0 Å². The van der Waals surface area contributed by atoms with Crippen LogP contribution >= 0.6 is 0 Å². The zero-order chi connectivity index (χ0) is 12.6. The number of hydrogen-bond acceptors (Lipinski definition) is 1. The van der Waals surface area contributed by atoms with Crippen molar-refractivity contribution >= 4 is 5.97 Å². The molecule has 0 saturated heterocycles. The minimum atomic E-state index is -0.649. The summed E-state index contributed by atoms with van der Waals surface area (Å²) in [6, 6.07) is 0.